The van der Waals surface area contributed by atoms with E-state index in [1.165, 1.54) is 37.1 Å². The van der Waals surface area contributed by atoms with Gasteiger partial charge < -0.3 is 15.1 Å². The SMILES string of the molecule is O=C(Nc1n[nH]c2c1CN(C(=O)C1CCN(C3CC3)CC1)C21CC1)c1ccc(F)cc1. The summed E-state index contributed by atoms with van der Waals surface area (Å²) >= 11 is 0. The van der Waals surface area contributed by atoms with Gasteiger partial charge in [0.2, 0.25) is 5.91 Å². The minimum Gasteiger partial charge on any atom is -0.327 e. The summed E-state index contributed by atoms with van der Waals surface area (Å²) in [5.41, 5.74) is 1.96. The van der Waals surface area contributed by atoms with E-state index >= 15 is 0 Å². The van der Waals surface area contributed by atoms with Crippen LogP contribution in [0.5, 0.6) is 0 Å². The van der Waals surface area contributed by atoms with Crippen LogP contribution in [0.1, 0.15) is 60.1 Å². The number of nitrogens with zero attached hydrogens (tertiary/aromatic N) is 3. The van der Waals surface area contributed by atoms with Gasteiger partial charge in [-0.3, -0.25) is 14.7 Å². The fourth-order valence-corrected chi connectivity index (χ4v) is 5.33. The predicted octanol–water partition coefficient (Wildman–Crippen LogP) is 3.01. The van der Waals surface area contributed by atoms with Crippen molar-refractivity contribution in [2.24, 2.45) is 5.92 Å². The third-order valence-corrected chi connectivity index (χ3v) is 7.44. The van der Waals surface area contributed by atoms with Gasteiger partial charge in [-0.1, -0.05) is 0 Å². The fraction of sp³-hybridized carbons (Fsp3) is 0.522. The van der Waals surface area contributed by atoms with Crippen molar-refractivity contribution < 1.29 is 14.0 Å². The topological polar surface area (TPSA) is 81.3 Å². The van der Waals surface area contributed by atoms with Crippen molar-refractivity contribution in [3.8, 4) is 0 Å². The third kappa shape index (κ3) is 3.15. The number of amides is 2. The molecule has 2 aliphatic heterocycles. The first-order valence-corrected chi connectivity index (χ1v) is 11.3. The highest BCUT2D eigenvalue weighted by Gasteiger charge is 2.59. The first kappa shape index (κ1) is 19.0. The largest absolute Gasteiger partial charge is 0.327 e. The fourth-order valence-electron chi connectivity index (χ4n) is 5.33. The Hall–Kier alpha value is -2.74. The second-order valence-electron chi connectivity index (χ2n) is 9.38. The summed E-state index contributed by atoms with van der Waals surface area (Å²) in [6.07, 6.45) is 6.34. The Morgan fingerprint density at radius 1 is 1.10 bits per heavy atom. The summed E-state index contributed by atoms with van der Waals surface area (Å²) in [5, 5.41) is 10.3. The smallest absolute Gasteiger partial charge is 0.256 e. The first-order valence-electron chi connectivity index (χ1n) is 11.3. The molecule has 4 aliphatic rings. The van der Waals surface area contributed by atoms with Crippen LogP contribution in [0.3, 0.4) is 0 Å². The van der Waals surface area contributed by atoms with Crippen molar-refractivity contribution >= 4 is 17.6 Å². The van der Waals surface area contributed by atoms with Crippen LogP contribution in [0.15, 0.2) is 24.3 Å². The summed E-state index contributed by atoms with van der Waals surface area (Å²) in [6, 6.07) is 6.18. The van der Waals surface area contributed by atoms with Crippen LogP contribution < -0.4 is 5.32 Å². The van der Waals surface area contributed by atoms with Crippen LogP contribution >= 0.6 is 0 Å². The number of piperidine rings is 1. The van der Waals surface area contributed by atoms with Crippen molar-refractivity contribution in [3.05, 3.63) is 46.9 Å². The molecule has 2 amide bonds. The van der Waals surface area contributed by atoms with Gasteiger partial charge in [-0.25, -0.2) is 4.39 Å². The molecule has 0 atom stereocenters. The van der Waals surface area contributed by atoms with Crippen molar-refractivity contribution in [1.82, 2.24) is 20.0 Å². The number of anilines is 1. The Morgan fingerprint density at radius 3 is 2.45 bits per heavy atom. The van der Waals surface area contributed by atoms with Gasteiger partial charge in [0, 0.05) is 23.1 Å². The number of halogens is 1. The van der Waals surface area contributed by atoms with Crippen LogP contribution in [-0.4, -0.2) is 50.9 Å². The first-order chi connectivity index (χ1) is 15.0. The Morgan fingerprint density at radius 2 is 1.81 bits per heavy atom. The van der Waals surface area contributed by atoms with Crippen LogP contribution in [-0.2, 0) is 16.9 Å². The van der Waals surface area contributed by atoms with Crippen molar-refractivity contribution in [2.75, 3.05) is 18.4 Å². The molecule has 7 nitrogen and oxygen atoms in total. The van der Waals surface area contributed by atoms with Gasteiger partial charge >= 0.3 is 0 Å². The zero-order valence-electron chi connectivity index (χ0n) is 17.4. The summed E-state index contributed by atoms with van der Waals surface area (Å²) in [6.45, 7) is 2.52. The Bertz CT molecular complexity index is 1030. The van der Waals surface area contributed by atoms with E-state index in [2.05, 4.69) is 20.4 Å². The molecular weight excluding hydrogens is 397 g/mol. The molecule has 2 saturated carbocycles. The Kier molecular flexibility index (Phi) is 4.21. The molecule has 2 N–H and O–H groups in total. The lowest BCUT2D eigenvalue weighted by atomic mass is 9.94. The second-order valence-corrected chi connectivity index (χ2v) is 9.38. The van der Waals surface area contributed by atoms with E-state index in [4.69, 9.17) is 0 Å². The van der Waals surface area contributed by atoms with Gasteiger partial charge in [0.15, 0.2) is 5.82 Å². The number of nitrogens with one attached hydrogen (secondary N) is 2. The summed E-state index contributed by atoms with van der Waals surface area (Å²) < 4.78 is 13.1. The molecule has 2 aromatic rings. The minimum atomic E-state index is -0.384. The highest BCUT2D eigenvalue weighted by atomic mass is 19.1. The van der Waals surface area contributed by atoms with Crippen molar-refractivity contribution in [3.63, 3.8) is 0 Å². The molecule has 0 unspecified atom stereocenters. The van der Waals surface area contributed by atoms with Crippen molar-refractivity contribution in [1.29, 1.82) is 0 Å². The number of aromatic nitrogens is 2. The van der Waals surface area contributed by atoms with Crippen molar-refractivity contribution in [2.45, 2.75) is 56.7 Å². The molecule has 1 aromatic heterocycles. The Balaban J connectivity index is 1.17. The van der Waals surface area contributed by atoms with Crippen LogP contribution in [0.2, 0.25) is 0 Å². The lowest BCUT2D eigenvalue weighted by molar-refractivity contribution is -0.140. The number of carbonyl (C=O) groups excluding carboxylic acids is 2. The third-order valence-electron chi connectivity index (χ3n) is 7.44. The molecule has 31 heavy (non-hydrogen) atoms. The number of hydrogen-bond donors (Lipinski definition) is 2. The number of aromatic amines is 1. The standard InChI is InChI=1S/C23H26FN5O2/c24-16-3-1-14(2-4-16)21(30)25-20-18-13-29(23(9-10-23)19(18)26-27-20)22(31)15-7-11-28(12-8-15)17-5-6-17/h1-4,15,17H,5-13H2,(H2,25,26,27,30). The van der Waals surface area contributed by atoms with E-state index in [0.717, 1.165) is 56.1 Å². The molecule has 6 rings (SSSR count). The number of benzene rings is 1. The van der Waals surface area contributed by atoms with Gasteiger partial charge in [-0.15, -0.1) is 0 Å². The number of fused-ring (bicyclic) bond motifs is 2. The Labute approximate surface area is 180 Å². The highest BCUT2D eigenvalue weighted by molar-refractivity contribution is 6.04. The average molecular weight is 423 g/mol. The van der Waals surface area contributed by atoms with E-state index in [9.17, 15) is 14.0 Å². The van der Waals surface area contributed by atoms with E-state index in [1.54, 1.807) is 0 Å². The lowest BCUT2D eigenvalue weighted by Crippen LogP contribution is -2.44. The summed E-state index contributed by atoms with van der Waals surface area (Å²) in [4.78, 5) is 30.6. The molecule has 1 saturated heterocycles. The van der Waals surface area contributed by atoms with E-state index in [0.29, 0.717) is 17.9 Å². The summed E-state index contributed by atoms with van der Waals surface area (Å²) in [5.74, 6) is 0.0749. The van der Waals surface area contributed by atoms with Crippen LogP contribution in [0.4, 0.5) is 10.2 Å². The minimum absolute atomic E-state index is 0.0849. The predicted molar refractivity (Wildman–Crippen MR) is 112 cm³/mol. The molecule has 3 fully saturated rings. The van der Waals surface area contributed by atoms with Gasteiger partial charge in [0.1, 0.15) is 5.82 Å². The molecule has 3 heterocycles. The lowest BCUT2D eigenvalue weighted by Gasteiger charge is -2.35. The van der Waals surface area contributed by atoms with Gasteiger partial charge in [-0.05, 0) is 75.9 Å². The van der Waals surface area contributed by atoms with E-state index < -0.39 is 0 Å². The maximum atomic E-state index is 13.5. The normalized spacial score (nSPS) is 22.5. The molecule has 162 valence electrons. The second kappa shape index (κ2) is 6.88. The number of rotatable bonds is 4. The zero-order chi connectivity index (χ0) is 21.2. The van der Waals surface area contributed by atoms with Gasteiger partial charge in [-0.2, -0.15) is 5.10 Å². The highest BCUT2D eigenvalue weighted by Crippen LogP contribution is 2.57. The molecule has 8 heteroatoms. The molecular formula is C23H26FN5O2. The molecule has 0 radical (unpaired) electrons. The molecule has 0 bridgehead atoms. The van der Waals surface area contributed by atoms with Gasteiger partial charge in [0.05, 0.1) is 17.8 Å². The van der Waals surface area contributed by atoms with Gasteiger partial charge in [0.25, 0.3) is 5.91 Å². The quantitative estimate of drug-likeness (QED) is 0.792. The monoisotopic (exact) mass is 423 g/mol. The van der Waals surface area contributed by atoms with E-state index in [1.807, 2.05) is 4.90 Å². The molecule has 2 aliphatic carbocycles. The number of carbonyl (C=O) groups is 2. The number of H-pyrrole nitrogens is 1. The molecule has 1 aromatic carbocycles. The average Bonchev–Trinajstić information content (AvgIpc) is 3.70. The van der Waals surface area contributed by atoms with E-state index in [-0.39, 0.29) is 29.1 Å². The maximum absolute atomic E-state index is 13.5. The zero-order valence-corrected chi connectivity index (χ0v) is 17.4. The maximum Gasteiger partial charge on any atom is 0.256 e. The van der Waals surface area contributed by atoms with Crippen LogP contribution in [0, 0.1) is 11.7 Å². The number of hydrogen-bond acceptors (Lipinski definition) is 4. The van der Waals surface area contributed by atoms with Crippen LogP contribution in [0.25, 0.3) is 0 Å². The summed E-state index contributed by atoms with van der Waals surface area (Å²) in [7, 11) is 0. The number of likely N-dealkylation sites (tertiary alicyclic amines) is 1. The molecule has 1 spiro atoms.